The van der Waals surface area contributed by atoms with Crippen LogP contribution in [-0.2, 0) is 9.59 Å². The van der Waals surface area contributed by atoms with Crippen LogP contribution >= 0.6 is 0 Å². The summed E-state index contributed by atoms with van der Waals surface area (Å²) in [6, 6.07) is 9.65. The number of amides is 1. The maximum Gasteiger partial charge on any atom is 0.303 e. The molecule has 0 heterocycles. The SMILES string of the molecule is CC(C)N(CCCC(=O)O)CCC(=O)Nc1ccccc1. The van der Waals surface area contributed by atoms with Crippen LogP contribution in [0.5, 0.6) is 0 Å². The molecular weight excluding hydrogens is 268 g/mol. The average Bonchev–Trinajstić information content (AvgIpc) is 2.43. The van der Waals surface area contributed by atoms with Gasteiger partial charge >= 0.3 is 5.97 Å². The van der Waals surface area contributed by atoms with Crippen molar-refractivity contribution < 1.29 is 14.7 Å². The third-order valence-electron chi connectivity index (χ3n) is 3.25. The van der Waals surface area contributed by atoms with Crippen LogP contribution in [0.4, 0.5) is 5.69 Å². The Kier molecular flexibility index (Phi) is 7.46. The van der Waals surface area contributed by atoms with Gasteiger partial charge in [0.25, 0.3) is 0 Å². The monoisotopic (exact) mass is 292 g/mol. The summed E-state index contributed by atoms with van der Waals surface area (Å²) in [5.74, 6) is -0.800. The summed E-state index contributed by atoms with van der Waals surface area (Å²) in [5, 5.41) is 11.5. The minimum Gasteiger partial charge on any atom is -0.481 e. The molecule has 21 heavy (non-hydrogen) atoms. The van der Waals surface area contributed by atoms with Gasteiger partial charge in [-0.2, -0.15) is 0 Å². The van der Waals surface area contributed by atoms with E-state index in [2.05, 4.69) is 24.1 Å². The van der Waals surface area contributed by atoms with Crippen LogP contribution in [0.2, 0.25) is 0 Å². The van der Waals surface area contributed by atoms with Crippen LogP contribution in [0.25, 0.3) is 0 Å². The molecule has 0 unspecified atom stereocenters. The van der Waals surface area contributed by atoms with Gasteiger partial charge < -0.3 is 15.3 Å². The molecule has 5 nitrogen and oxygen atoms in total. The standard InChI is InChI=1S/C16H24N2O3/c1-13(2)18(11-6-9-16(20)21)12-10-15(19)17-14-7-4-3-5-8-14/h3-5,7-8,13H,6,9-12H2,1-2H3,(H,17,19)(H,20,21). The highest BCUT2D eigenvalue weighted by Gasteiger charge is 2.12. The Morgan fingerprint density at radius 3 is 2.38 bits per heavy atom. The molecule has 1 aromatic rings. The molecule has 1 aromatic carbocycles. The Hall–Kier alpha value is -1.88. The fourth-order valence-corrected chi connectivity index (χ4v) is 2.05. The summed E-state index contributed by atoms with van der Waals surface area (Å²) in [6.45, 7) is 5.43. The lowest BCUT2D eigenvalue weighted by molar-refractivity contribution is -0.137. The summed E-state index contributed by atoms with van der Waals surface area (Å²) >= 11 is 0. The average molecular weight is 292 g/mol. The molecule has 0 saturated heterocycles. The zero-order valence-electron chi connectivity index (χ0n) is 12.7. The Balaban J connectivity index is 2.35. The van der Waals surface area contributed by atoms with Crippen molar-refractivity contribution >= 4 is 17.6 Å². The van der Waals surface area contributed by atoms with Gasteiger partial charge in [0.1, 0.15) is 0 Å². The highest BCUT2D eigenvalue weighted by atomic mass is 16.4. The van der Waals surface area contributed by atoms with Crippen LogP contribution < -0.4 is 5.32 Å². The van der Waals surface area contributed by atoms with Gasteiger partial charge in [-0.3, -0.25) is 9.59 Å². The quantitative estimate of drug-likeness (QED) is 0.734. The summed E-state index contributed by atoms with van der Waals surface area (Å²) < 4.78 is 0. The van der Waals surface area contributed by atoms with E-state index in [1.165, 1.54) is 0 Å². The molecule has 0 aliphatic rings. The van der Waals surface area contributed by atoms with Gasteiger partial charge in [0.2, 0.25) is 5.91 Å². The molecule has 0 atom stereocenters. The molecule has 5 heteroatoms. The van der Waals surface area contributed by atoms with Crippen molar-refractivity contribution in [2.24, 2.45) is 0 Å². The van der Waals surface area contributed by atoms with Crippen molar-refractivity contribution in [2.75, 3.05) is 18.4 Å². The third-order valence-corrected chi connectivity index (χ3v) is 3.25. The number of aliphatic carboxylic acids is 1. The summed E-state index contributed by atoms with van der Waals surface area (Å²) in [6.07, 6.45) is 1.17. The smallest absolute Gasteiger partial charge is 0.303 e. The maximum atomic E-state index is 11.9. The van der Waals surface area contributed by atoms with E-state index in [9.17, 15) is 9.59 Å². The number of para-hydroxylation sites is 1. The Labute approximate surface area is 126 Å². The fraction of sp³-hybridized carbons (Fsp3) is 0.500. The van der Waals surface area contributed by atoms with Gasteiger partial charge in [-0.15, -0.1) is 0 Å². The number of benzene rings is 1. The molecule has 1 amide bonds. The molecule has 0 fully saturated rings. The Morgan fingerprint density at radius 2 is 1.81 bits per heavy atom. The predicted molar refractivity (Wildman–Crippen MR) is 83.3 cm³/mol. The highest BCUT2D eigenvalue weighted by Crippen LogP contribution is 2.07. The van der Waals surface area contributed by atoms with E-state index >= 15 is 0 Å². The maximum absolute atomic E-state index is 11.9. The lowest BCUT2D eigenvalue weighted by Gasteiger charge is -2.25. The first-order chi connectivity index (χ1) is 9.99. The zero-order valence-corrected chi connectivity index (χ0v) is 12.7. The van der Waals surface area contributed by atoms with Gasteiger partial charge in [-0.05, 0) is 38.9 Å². The second kappa shape index (κ2) is 9.13. The van der Waals surface area contributed by atoms with Gasteiger partial charge in [-0.25, -0.2) is 0 Å². The molecule has 0 aromatic heterocycles. The van der Waals surface area contributed by atoms with Crippen molar-refractivity contribution in [2.45, 2.75) is 39.2 Å². The first-order valence-corrected chi connectivity index (χ1v) is 7.30. The lowest BCUT2D eigenvalue weighted by atomic mass is 10.2. The Morgan fingerprint density at radius 1 is 1.14 bits per heavy atom. The van der Waals surface area contributed by atoms with E-state index in [1.54, 1.807) is 0 Å². The number of carbonyl (C=O) groups is 2. The van der Waals surface area contributed by atoms with E-state index in [4.69, 9.17) is 5.11 Å². The van der Waals surface area contributed by atoms with E-state index in [0.717, 1.165) is 5.69 Å². The van der Waals surface area contributed by atoms with Gasteiger partial charge in [0.05, 0.1) is 0 Å². The molecular formula is C16H24N2O3. The zero-order chi connectivity index (χ0) is 15.7. The van der Waals surface area contributed by atoms with Gasteiger partial charge in [0.15, 0.2) is 0 Å². The molecule has 1 rings (SSSR count). The molecule has 0 aliphatic carbocycles. The minimum atomic E-state index is -0.777. The first kappa shape index (κ1) is 17.2. The summed E-state index contributed by atoms with van der Waals surface area (Å²) in [4.78, 5) is 24.6. The number of carbonyl (C=O) groups excluding carboxylic acids is 1. The van der Waals surface area contributed by atoms with Crippen molar-refractivity contribution in [3.63, 3.8) is 0 Å². The van der Waals surface area contributed by atoms with Crippen LogP contribution in [0.1, 0.15) is 33.1 Å². The number of carboxylic acids is 1. The summed E-state index contributed by atoms with van der Waals surface area (Å²) in [7, 11) is 0. The highest BCUT2D eigenvalue weighted by molar-refractivity contribution is 5.90. The van der Waals surface area contributed by atoms with Crippen LogP contribution in [-0.4, -0.2) is 41.0 Å². The molecule has 0 bridgehead atoms. The molecule has 0 radical (unpaired) electrons. The normalized spacial score (nSPS) is 10.9. The fourth-order valence-electron chi connectivity index (χ4n) is 2.05. The van der Waals surface area contributed by atoms with E-state index in [-0.39, 0.29) is 12.3 Å². The molecule has 116 valence electrons. The van der Waals surface area contributed by atoms with Crippen LogP contribution in [0.15, 0.2) is 30.3 Å². The van der Waals surface area contributed by atoms with Crippen LogP contribution in [0.3, 0.4) is 0 Å². The molecule has 0 saturated carbocycles. The van der Waals surface area contributed by atoms with Crippen molar-refractivity contribution in [3.8, 4) is 0 Å². The predicted octanol–water partition coefficient (Wildman–Crippen LogP) is 2.59. The van der Waals surface area contributed by atoms with Crippen molar-refractivity contribution in [3.05, 3.63) is 30.3 Å². The van der Waals surface area contributed by atoms with Crippen LogP contribution in [0, 0.1) is 0 Å². The van der Waals surface area contributed by atoms with Gasteiger partial charge in [0, 0.05) is 31.1 Å². The minimum absolute atomic E-state index is 0.0231. The van der Waals surface area contributed by atoms with E-state index < -0.39 is 5.97 Å². The first-order valence-electron chi connectivity index (χ1n) is 7.30. The lowest BCUT2D eigenvalue weighted by Crippen LogP contribution is -2.34. The largest absolute Gasteiger partial charge is 0.481 e. The number of anilines is 1. The number of nitrogens with one attached hydrogen (secondary N) is 1. The number of rotatable bonds is 9. The van der Waals surface area contributed by atoms with Crippen molar-refractivity contribution in [1.82, 2.24) is 4.90 Å². The topological polar surface area (TPSA) is 69.6 Å². The summed E-state index contributed by atoms with van der Waals surface area (Å²) in [5.41, 5.74) is 0.796. The molecule has 0 aliphatic heterocycles. The second-order valence-electron chi connectivity index (χ2n) is 5.29. The number of nitrogens with zero attached hydrogens (tertiary/aromatic N) is 1. The molecule has 2 N–H and O–H groups in total. The van der Waals surface area contributed by atoms with Crippen molar-refractivity contribution in [1.29, 1.82) is 0 Å². The van der Waals surface area contributed by atoms with E-state index in [1.807, 2.05) is 30.3 Å². The number of carboxylic acid groups (broad SMARTS) is 1. The Bertz CT molecular complexity index is 446. The molecule has 0 spiro atoms. The second-order valence-corrected chi connectivity index (χ2v) is 5.29. The third kappa shape index (κ3) is 7.46. The number of hydrogen-bond donors (Lipinski definition) is 2. The van der Waals surface area contributed by atoms with E-state index in [0.29, 0.717) is 32.0 Å². The number of hydrogen-bond acceptors (Lipinski definition) is 3. The van der Waals surface area contributed by atoms with Gasteiger partial charge in [-0.1, -0.05) is 18.2 Å².